The van der Waals surface area contributed by atoms with Crippen LogP contribution in [0.1, 0.15) is 52.4 Å². The first kappa shape index (κ1) is 23.2. The van der Waals surface area contributed by atoms with E-state index in [1.807, 2.05) is 19.1 Å². The molecule has 0 saturated carbocycles. The minimum absolute atomic E-state index is 0.664. The number of unbranched alkanes of at least 4 members (excludes halogenated alkanes) is 5. The zero-order valence-electron chi connectivity index (χ0n) is 19.5. The van der Waals surface area contributed by atoms with Crippen molar-refractivity contribution < 1.29 is 9.47 Å². The third-order valence-electron chi connectivity index (χ3n) is 5.82. The van der Waals surface area contributed by atoms with Crippen LogP contribution in [0.5, 0.6) is 11.5 Å². The molecular formula is C28H32N2O2S. The summed E-state index contributed by atoms with van der Waals surface area (Å²) in [6.07, 6.45) is 7.63. The predicted octanol–water partition coefficient (Wildman–Crippen LogP) is 8.16. The van der Waals surface area contributed by atoms with Crippen LogP contribution in [0.3, 0.4) is 0 Å². The fraction of sp³-hybridized carbons (Fsp3) is 0.357. The maximum Gasteiger partial charge on any atom is 0.119 e. The van der Waals surface area contributed by atoms with E-state index < -0.39 is 0 Å². The Hall–Kier alpha value is -2.92. The fourth-order valence-corrected chi connectivity index (χ4v) is 4.61. The molecule has 4 nitrogen and oxygen atoms in total. The number of ether oxygens (including phenoxy) is 2. The zero-order chi connectivity index (χ0) is 22.9. The molecule has 0 N–H and O–H groups in total. The highest BCUT2D eigenvalue weighted by Crippen LogP contribution is 2.35. The Labute approximate surface area is 200 Å². The highest BCUT2D eigenvalue weighted by atomic mass is 32.1. The number of nitrogens with zero attached hydrogens (tertiary/aromatic N) is 2. The molecule has 0 atom stereocenters. The topological polar surface area (TPSA) is 44.2 Å². The molecule has 33 heavy (non-hydrogen) atoms. The lowest BCUT2D eigenvalue weighted by Crippen LogP contribution is -1.97. The van der Waals surface area contributed by atoms with Crippen LogP contribution in [-0.4, -0.2) is 22.0 Å². The lowest BCUT2D eigenvalue weighted by molar-refractivity contribution is 0.304. The lowest BCUT2D eigenvalue weighted by atomic mass is 9.98. The largest absolute Gasteiger partial charge is 0.494 e. The second kappa shape index (κ2) is 11.8. The Balaban J connectivity index is 1.45. The molecule has 0 fully saturated rings. The summed E-state index contributed by atoms with van der Waals surface area (Å²) in [5, 5.41) is 0. The summed E-state index contributed by atoms with van der Waals surface area (Å²) in [7, 11) is 0. The van der Waals surface area contributed by atoms with Crippen molar-refractivity contribution in [2.75, 3.05) is 13.2 Å². The molecule has 0 aliphatic carbocycles. The molecule has 0 aliphatic heterocycles. The molecule has 0 aliphatic rings. The van der Waals surface area contributed by atoms with Gasteiger partial charge in [-0.3, -0.25) is 0 Å². The van der Waals surface area contributed by atoms with Crippen LogP contribution < -0.4 is 9.47 Å². The summed E-state index contributed by atoms with van der Waals surface area (Å²) < 4.78 is 20.7. The third-order valence-corrected chi connectivity index (χ3v) is 6.35. The Morgan fingerprint density at radius 2 is 1.12 bits per heavy atom. The van der Waals surface area contributed by atoms with E-state index in [0.717, 1.165) is 57.8 Å². The first-order valence-corrected chi connectivity index (χ1v) is 12.7. The van der Waals surface area contributed by atoms with Gasteiger partial charge >= 0.3 is 0 Å². The van der Waals surface area contributed by atoms with E-state index >= 15 is 0 Å². The molecule has 4 rings (SSSR count). The molecule has 1 aromatic heterocycles. The Morgan fingerprint density at radius 1 is 0.606 bits per heavy atom. The van der Waals surface area contributed by atoms with Crippen LogP contribution in [-0.2, 0) is 0 Å². The van der Waals surface area contributed by atoms with Crippen LogP contribution in [0.4, 0.5) is 0 Å². The van der Waals surface area contributed by atoms with Gasteiger partial charge in [-0.1, -0.05) is 75.4 Å². The van der Waals surface area contributed by atoms with Crippen LogP contribution >= 0.6 is 11.7 Å². The molecular weight excluding hydrogens is 428 g/mol. The van der Waals surface area contributed by atoms with E-state index in [2.05, 4.69) is 64.2 Å². The standard InChI is InChI=1S/C28H32N2O2S/c1-3-5-6-7-8-9-20-32-24-16-12-22(13-17-24)26-19-18-25(27-28(26)30-33-29-27)21-10-14-23(15-11-21)31-4-2/h10-19H,3-9,20H2,1-2H3. The van der Waals surface area contributed by atoms with Crippen LogP contribution in [0.15, 0.2) is 60.7 Å². The zero-order valence-corrected chi connectivity index (χ0v) is 20.4. The average Bonchev–Trinajstić information content (AvgIpc) is 3.34. The summed E-state index contributed by atoms with van der Waals surface area (Å²) in [5.74, 6) is 1.80. The van der Waals surface area contributed by atoms with Crippen LogP contribution in [0.25, 0.3) is 33.3 Å². The van der Waals surface area contributed by atoms with Crippen molar-refractivity contribution in [1.82, 2.24) is 8.75 Å². The SMILES string of the molecule is CCCCCCCCOc1ccc(-c2ccc(-c3ccc(OCC)cc3)c3nsnc23)cc1. The molecule has 1 heterocycles. The first-order valence-electron chi connectivity index (χ1n) is 12.0. The molecule has 0 amide bonds. The summed E-state index contributed by atoms with van der Waals surface area (Å²) in [4.78, 5) is 0. The summed E-state index contributed by atoms with van der Waals surface area (Å²) in [6, 6.07) is 20.8. The van der Waals surface area contributed by atoms with Crippen molar-refractivity contribution in [3.05, 3.63) is 60.7 Å². The monoisotopic (exact) mass is 460 g/mol. The lowest BCUT2D eigenvalue weighted by Gasteiger charge is -2.10. The molecule has 0 radical (unpaired) electrons. The predicted molar refractivity (Wildman–Crippen MR) is 138 cm³/mol. The maximum absolute atomic E-state index is 5.94. The number of fused-ring (bicyclic) bond motifs is 1. The van der Waals surface area contributed by atoms with E-state index in [9.17, 15) is 0 Å². The van der Waals surface area contributed by atoms with Gasteiger partial charge in [0.25, 0.3) is 0 Å². The molecule has 3 aromatic carbocycles. The minimum Gasteiger partial charge on any atom is -0.494 e. The van der Waals surface area contributed by atoms with Gasteiger partial charge in [-0.05, 0) is 48.7 Å². The van der Waals surface area contributed by atoms with Gasteiger partial charge in [-0.15, -0.1) is 0 Å². The summed E-state index contributed by atoms with van der Waals surface area (Å²) in [6.45, 7) is 5.68. The Kier molecular flexibility index (Phi) is 8.31. The van der Waals surface area contributed by atoms with E-state index in [1.54, 1.807) is 0 Å². The van der Waals surface area contributed by atoms with Gasteiger partial charge in [-0.25, -0.2) is 0 Å². The van der Waals surface area contributed by atoms with Crippen molar-refractivity contribution in [3.8, 4) is 33.8 Å². The van der Waals surface area contributed by atoms with Gasteiger partial charge in [0, 0.05) is 11.1 Å². The smallest absolute Gasteiger partial charge is 0.119 e. The third kappa shape index (κ3) is 5.91. The maximum atomic E-state index is 5.94. The average molecular weight is 461 g/mol. The van der Waals surface area contributed by atoms with E-state index in [0.29, 0.717) is 6.61 Å². The van der Waals surface area contributed by atoms with Gasteiger partial charge in [0.15, 0.2) is 0 Å². The minimum atomic E-state index is 0.664. The van der Waals surface area contributed by atoms with E-state index in [4.69, 9.17) is 9.47 Å². The quantitative estimate of drug-likeness (QED) is 0.200. The number of hydrogen-bond acceptors (Lipinski definition) is 5. The Morgan fingerprint density at radius 3 is 1.67 bits per heavy atom. The van der Waals surface area contributed by atoms with E-state index in [1.165, 1.54) is 43.8 Å². The summed E-state index contributed by atoms with van der Waals surface area (Å²) in [5.41, 5.74) is 6.29. The van der Waals surface area contributed by atoms with Gasteiger partial charge in [-0.2, -0.15) is 8.75 Å². The van der Waals surface area contributed by atoms with Gasteiger partial charge in [0.1, 0.15) is 22.5 Å². The van der Waals surface area contributed by atoms with Crippen molar-refractivity contribution >= 4 is 22.8 Å². The van der Waals surface area contributed by atoms with Gasteiger partial charge in [0.2, 0.25) is 0 Å². The van der Waals surface area contributed by atoms with Gasteiger partial charge in [0.05, 0.1) is 24.9 Å². The molecule has 0 bridgehead atoms. The second-order valence-electron chi connectivity index (χ2n) is 8.22. The van der Waals surface area contributed by atoms with Crippen molar-refractivity contribution in [2.24, 2.45) is 0 Å². The van der Waals surface area contributed by atoms with Crippen molar-refractivity contribution in [3.63, 3.8) is 0 Å². The number of benzene rings is 3. The normalized spacial score (nSPS) is 11.1. The molecule has 4 aromatic rings. The van der Waals surface area contributed by atoms with E-state index in [-0.39, 0.29) is 0 Å². The first-order chi connectivity index (χ1) is 16.3. The molecule has 0 unspecified atom stereocenters. The number of aromatic nitrogens is 2. The van der Waals surface area contributed by atoms with Gasteiger partial charge < -0.3 is 9.47 Å². The molecule has 0 saturated heterocycles. The second-order valence-corrected chi connectivity index (χ2v) is 8.75. The molecule has 172 valence electrons. The highest BCUT2D eigenvalue weighted by Gasteiger charge is 2.13. The highest BCUT2D eigenvalue weighted by molar-refractivity contribution is 7.00. The number of hydrogen-bond donors (Lipinski definition) is 0. The Bertz CT molecular complexity index is 1140. The molecule has 0 spiro atoms. The fourth-order valence-electron chi connectivity index (χ4n) is 4.03. The van der Waals surface area contributed by atoms with Crippen LogP contribution in [0, 0.1) is 0 Å². The molecule has 5 heteroatoms. The summed E-state index contributed by atoms with van der Waals surface area (Å²) >= 11 is 1.26. The van der Waals surface area contributed by atoms with Crippen molar-refractivity contribution in [2.45, 2.75) is 52.4 Å². The van der Waals surface area contributed by atoms with Crippen molar-refractivity contribution in [1.29, 1.82) is 0 Å². The van der Waals surface area contributed by atoms with Crippen LogP contribution in [0.2, 0.25) is 0 Å². The number of rotatable bonds is 12.